The van der Waals surface area contributed by atoms with Crippen molar-refractivity contribution in [3.63, 3.8) is 0 Å². The maximum atomic E-state index is 12.1. The lowest BCUT2D eigenvalue weighted by molar-refractivity contribution is 0.0175. The summed E-state index contributed by atoms with van der Waals surface area (Å²) in [6, 6.07) is 3.01. The van der Waals surface area contributed by atoms with E-state index in [1.54, 1.807) is 31.3 Å². The van der Waals surface area contributed by atoms with Gasteiger partial charge in [-0.3, -0.25) is 0 Å². The van der Waals surface area contributed by atoms with Crippen molar-refractivity contribution in [2.24, 2.45) is 5.92 Å². The summed E-state index contributed by atoms with van der Waals surface area (Å²) in [6.07, 6.45) is 1.26. The van der Waals surface area contributed by atoms with Crippen LogP contribution >= 0.6 is 0 Å². The van der Waals surface area contributed by atoms with Crippen LogP contribution in [0, 0.1) is 5.92 Å². The molecule has 3 rings (SSSR count). The summed E-state index contributed by atoms with van der Waals surface area (Å²) in [7, 11) is 3.42. The smallest absolute Gasteiger partial charge is 0.319 e. The zero-order chi connectivity index (χ0) is 14.4. The Hall–Kier alpha value is -2.18. The Kier molecular flexibility index (Phi) is 2.84. The minimum Gasteiger partial charge on any atom is -0.467 e. The van der Waals surface area contributed by atoms with Crippen LogP contribution in [0.25, 0.3) is 0 Å². The summed E-state index contributed by atoms with van der Waals surface area (Å²) in [5, 5.41) is 5.80. The van der Waals surface area contributed by atoms with E-state index in [1.165, 1.54) is 4.90 Å². The molecule has 2 aliphatic heterocycles. The van der Waals surface area contributed by atoms with Crippen LogP contribution in [0.4, 0.5) is 9.59 Å². The third kappa shape index (κ3) is 1.73. The van der Waals surface area contributed by atoms with E-state index in [-0.39, 0.29) is 36.2 Å². The van der Waals surface area contributed by atoms with Crippen molar-refractivity contribution >= 4 is 12.1 Å². The first-order chi connectivity index (χ1) is 9.50. The second-order valence-electron chi connectivity index (χ2n) is 5.39. The second kappa shape index (κ2) is 4.43. The number of rotatable bonds is 1. The molecule has 2 saturated heterocycles. The van der Waals surface area contributed by atoms with Gasteiger partial charge >= 0.3 is 12.1 Å². The van der Waals surface area contributed by atoms with Crippen molar-refractivity contribution in [1.29, 1.82) is 0 Å². The molecule has 0 bridgehead atoms. The first-order valence-corrected chi connectivity index (χ1v) is 6.60. The number of carbonyl (C=O) groups excluding carboxylic acids is 2. The van der Waals surface area contributed by atoms with Crippen LogP contribution in [0.5, 0.6) is 0 Å². The average molecular weight is 278 g/mol. The Morgan fingerprint density at radius 3 is 2.50 bits per heavy atom. The van der Waals surface area contributed by atoms with Gasteiger partial charge in [-0.25, -0.2) is 9.59 Å². The molecule has 0 unspecified atom stereocenters. The Morgan fingerprint density at radius 2 is 1.85 bits per heavy atom. The van der Waals surface area contributed by atoms with E-state index in [4.69, 9.17) is 4.42 Å². The lowest BCUT2D eigenvalue weighted by atomic mass is 9.83. The lowest BCUT2D eigenvalue weighted by Gasteiger charge is -2.51. The highest BCUT2D eigenvalue weighted by Crippen LogP contribution is 2.38. The quantitative estimate of drug-likeness (QED) is 0.803. The predicted octanol–water partition coefficient (Wildman–Crippen LogP) is 0.961. The Morgan fingerprint density at radius 1 is 1.15 bits per heavy atom. The molecule has 4 amide bonds. The average Bonchev–Trinajstić information content (AvgIpc) is 2.92. The standard InChI is InChI=1S/C13H18N4O3/c1-7-9-10(8-5-4-6-20-8)16(2)13(19)15-11(9)17(3)12(18)14-7/h4-7,9-11H,1-3H3,(H,14,18)(H,15,19)/t7-,9+,10-,11-/m1/s1. The van der Waals surface area contributed by atoms with E-state index < -0.39 is 0 Å². The van der Waals surface area contributed by atoms with Gasteiger partial charge in [0.1, 0.15) is 11.9 Å². The molecule has 0 radical (unpaired) electrons. The normalized spacial score (nSPS) is 33.5. The monoisotopic (exact) mass is 278 g/mol. The number of hydrogen-bond acceptors (Lipinski definition) is 3. The van der Waals surface area contributed by atoms with Gasteiger partial charge in [-0.05, 0) is 19.1 Å². The number of amides is 4. The van der Waals surface area contributed by atoms with Gasteiger partial charge in [0.05, 0.1) is 12.3 Å². The Bertz CT molecular complexity index is 530. The molecule has 2 N–H and O–H groups in total. The zero-order valence-electron chi connectivity index (χ0n) is 11.7. The fraction of sp³-hybridized carbons (Fsp3) is 0.538. The van der Waals surface area contributed by atoms with Crippen LogP contribution in [0.3, 0.4) is 0 Å². The number of nitrogens with one attached hydrogen (secondary N) is 2. The van der Waals surface area contributed by atoms with E-state index >= 15 is 0 Å². The molecule has 4 atom stereocenters. The van der Waals surface area contributed by atoms with Gasteiger partial charge in [0.25, 0.3) is 0 Å². The van der Waals surface area contributed by atoms with Gasteiger partial charge < -0.3 is 24.9 Å². The van der Waals surface area contributed by atoms with Crippen LogP contribution in [0.15, 0.2) is 22.8 Å². The van der Waals surface area contributed by atoms with Crippen LogP contribution in [-0.2, 0) is 0 Å². The van der Waals surface area contributed by atoms with Crippen molar-refractivity contribution in [2.45, 2.75) is 25.2 Å². The number of hydrogen-bond donors (Lipinski definition) is 2. The van der Waals surface area contributed by atoms with Gasteiger partial charge in [0, 0.05) is 26.1 Å². The topological polar surface area (TPSA) is 77.8 Å². The highest BCUT2D eigenvalue weighted by atomic mass is 16.3. The predicted molar refractivity (Wildman–Crippen MR) is 70.8 cm³/mol. The minimum atomic E-state index is -0.336. The molecular weight excluding hydrogens is 260 g/mol. The number of nitrogens with zero attached hydrogens (tertiary/aromatic N) is 2. The molecular formula is C13H18N4O3. The molecule has 0 aromatic carbocycles. The van der Waals surface area contributed by atoms with Gasteiger partial charge in [0.15, 0.2) is 0 Å². The van der Waals surface area contributed by atoms with E-state index in [9.17, 15) is 9.59 Å². The Balaban J connectivity index is 2.02. The van der Waals surface area contributed by atoms with Gasteiger partial charge in [-0.1, -0.05) is 0 Å². The fourth-order valence-electron chi connectivity index (χ4n) is 3.14. The molecule has 0 saturated carbocycles. The van der Waals surface area contributed by atoms with Crippen molar-refractivity contribution in [1.82, 2.24) is 20.4 Å². The number of furan rings is 1. The molecule has 108 valence electrons. The number of carbonyl (C=O) groups is 2. The molecule has 3 heterocycles. The molecule has 7 nitrogen and oxygen atoms in total. The van der Waals surface area contributed by atoms with Gasteiger partial charge in [-0.2, -0.15) is 0 Å². The summed E-state index contributed by atoms with van der Waals surface area (Å²) >= 11 is 0. The molecule has 1 aromatic heterocycles. The van der Waals surface area contributed by atoms with E-state index in [0.29, 0.717) is 0 Å². The van der Waals surface area contributed by atoms with E-state index in [1.807, 2.05) is 13.0 Å². The lowest BCUT2D eigenvalue weighted by Crippen LogP contribution is -2.71. The van der Waals surface area contributed by atoms with E-state index in [0.717, 1.165) is 5.76 Å². The van der Waals surface area contributed by atoms with Crippen molar-refractivity contribution < 1.29 is 14.0 Å². The maximum Gasteiger partial charge on any atom is 0.319 e. The van der Waals surface area contributed by atoms with Crippen LogP contribution in [0.1, 0.15) is 18.7 Å². The third-order valence-electron chi connectivity index (χ3n) is 4.24. The summed E-state index contributed by atoms with van der Waals surface area (Å²) in [5.74, 6) is 0.736. The van der Waals surface area contributed by atoms with Crippen molar-refractivity contribution in [2.75, 3.05) is 14.1 Å². The summed E-state index contributed by atoms with van der Waals surface area (Å²) in [4.78, 5) is 27.2. The van der Waals surface area contributed by atoms with Crippen molar-refractivity contribution in [3.8, 4) is 0 Å². The van der Waals surface area contributed by atoms with Crippen LogP contribution in [0.2, 0.25) is 0 Å². The van der Waals surface area contributed by atoms with Gasteiger partial charge in [-0.15, -0.1) is 0 Å². The third-order valence-corrected chi connectivity index (χ3v) is 4.24. The molecule has 0 spiro atoms. The number of urea groups is 2. The molecule has 1 aromatic rings. The highest BCUT2D eigenvalue weighted by Gasteiger charge is 2.50. The summed E-state index contributed by atoms with van der Waals surface area (Å²) in [6.45, 7) is 1.95. The highest BCUT2D eigenvalue weighted by molar-refractivity contribution is 5.80. The molecule has 7 heteroatoms. The molecule has 2 aliphatic rings. The first-order valence-electron chi connectivity index (χ1n) is 6.60. The molecule has 2 fully saturated rings. The first kappa shape index (κ1) is 12.8. The SMILES string of the molecule is C[C@H]1NC(=O)N(C)[C@H]2NC(=O)N(C)[C@H](c3ccco3)[C@H]12. The van der Waals surface area contributed by atoms with Crippen molar-refractivity contribution in [3.05, 3.63) is 24.2 Å². The largest absolute Gasteiger partial charge is 0.467 e. The summed E-state index contributed by atoms with van der Waals surface area (Å²) < 4.78 is 5.50. The van der Waals surface area contributed by atoms with Gasteiger partial charge in [0.2, 0.25) is 0 Å². The minimum absolute atomic E-state index is 0.00606. The summed E-state index contributed by atoms with van der Waals surface area (Å²) in [5.41, 5.74) is 0. The number of fused-ring (bicyclic) bond motifs is 1. The fourth-order valence-corrected chi connectivity index (χ4v) is 3.14. The maximum absolute atomic E-state index is 12.1. The molecule has 20 heavy (non-hydrogen) atoms. The van der Waals surface area contributed by atoms with E-state index in [2.05, 4.69) is 10.6 Å². The van der Waals surface area contributed by atoms with Crippen LogP contribution in [-0.4, -0.2) is 48.2 Å². The molecule has 0 aliphatic carbocycles. The van der Waals surface area contributed by atoms with Crippen LogP contribution < -0.4 is 10.6 Å². The Labute approximate surface area is 116 Å². The second-order valence-corrected chi connectivity index (χ2v) is 5.39. The zero-order valence-corrected chi connectivity index (χ0v) is 11.7.